The van der Waals surface area contributed by atoms with Crippen molar-refractivity contribution in [1.29, 1.82) is 0 Å². The predicted octanol–water partition coefficient (Wildman–Crippen LogP) is 0.452. The van der Waals surface area contributed by atoms with Crippen molar-refractivity contribution in [3.63, 3.8) is 0 Å². The van der Waals surface area contributed by atoms with Gasteiger partial charge in [-0.2, -0.15) is 0 Å². The highest BCUT2D eigenvalue weighted by Gasteiger charge is 2.35. The van der Waals surface area contributed by atoms with Crippen molar-refractivity contribution in [3.05, 3.63) is 0 Å². The van der Waals surface area contributed by atoms with Gasteiger partial charge in [0.15, 0.2) is 0 Å². The number of hydrogen-bond acceptors (Lipinski definition) is 3. The van der Waals surface area contributed by atoms with Gasteiger partial charge in [-0.3, -0.25) is 4.79 Å². The average molecular weight is 258 g/mol. The third kappa shape index (κ3) is 3.35. The Bertz CT molecular complexity index is 344. The van der Waals surface area contributed by atoms with E-state index in [1.165, 1.54) is 9.80 Å². The normalized spacial score (nSPS) is 18.7. The van der Waals surface area contributed by atoms with Crippen LogP contribution in [0.25, 0.3) is 0 Å². The van der Waals surface area contributed by atoms with E-state index in [0.717, 1.165) is 0 Å². The minimum atomic E-state index is -1.00. The fraction of sp³-hybridized carbons (Fsp3) is 0.727. The van der Waals surface area contributed by atoms with Crippen LogP contribution in [-0.4, -0.2) is 63.7 Å². The molecule has 0 bridgehead atoms. The standard InChI is InChI=1S/C11H18N2O5/c1-2-12(7-5-9(14)15)11(18)13-6-3-4-8(13)10(16)17/h8H,2-7H2,1H3,(H,14,15)(H,16,17)/t8-/m0/s1. The van der Waals surface area contributed by atoms with Crippen molar-refractivity contribution < 1.29 is 24.6 Å². The summed E-state index contributed by atoms with van der Waals surface area (Å²) in [5.74, 6) is -1.98. The Balaban J connectivity index is 2.65. The minimum Gasteiger partial charge on any atom is -0.481 e. The number of carboxylic acids is 2. The van der Waals surface area contributed by atoms with E-state index in [2.05, 4.69) is 0 Å². The van der Waals surface area contributed by atoms with E-state index in [0.29, 0.717) is 25.9 Å². The number of aliphatic carboxylic acids is 2. The molecule has 0 aromatic carbocycles. The lowest BCUT2D eigenvalue weighted by atomic mass is 10.2. The average Bonchev–Trinajstić information content (AvgIpc) is 2.77. The van der Waals surface area contributed by atoms with Crippen LogP contribution in [0.15, 0.2) is 0 Å². The summed E-state index contributed by atoms with van der Waals surface area (Å²) in [5, 5.41) is 17.6. The molecule has 0 aliphatic carbocycles. The zero-order valence-corrected chi connectivity index (χ0v) is 10.3. The number of nitrogens with zero attached hydrogens (tertiary/aromatic N) is 2. The van der Waals surface area contributed by atoms with Gasteiger partial charge in [0.1, 0.15) is 6.04 Å². The summed E-state index contributed by atoms with van der Waals surface area (Å²) in [6, 6.07) is -1.17. The second-order valence-corrected chi connectivity index (χ2v) is 4.20. The second kappa shape index (κ2) is 6.23. The molecule has 0 aromatic heterocycles. The highest BCUT2D eigenvalue weighted by Crippen LogP contribution is 2.19. The molecule has 1 heterocycles. The molecule has 0 radical (unpaired) electrons. The van der Waals surface area contributed by atoms with Crippen LogP contribution in [0.4, 0.5) is 4.79 Å². The number of urea groups is 1. The molecule has 0 aromatic rings. The number of likely N-dealkylation sites (tertiary alicyclic amines) is 1. The lowest BCUT2D eigenvalue weighted by molar-refractivity contribution is -0.141. The number of amides is 2. The summed E-state index contributed by atoms with van der Waals surface area (Å²) in [5.41, 5.74) is 0. The lowest BCUT2D eigenvalue weighted by Gasteiger charge is -2.29. The maximum absolute atomic E-state index is 12.1. The molecule has 1 fully saturated rings. The van der Waals surface area contributed by atoms with E-state index in [1.807, 2.05) is 0 Å². The Kier molecular flexibility index (Phi) is 4.94. The largest absolute Gasteiger partial charge is 0.481 e. The Morgan fingerprint density at radius 2 is 2.00 bits per heavy atom. The third-order valence-electron chi connectivity index (χ3n) is 3.03. The molecule has 1 aliphatic heterocycles. The zero-order valence-electron chi connectivity index (χ0n) is 10.3. The van der Waals surface area contributed by atoms with Gasteiger partial charge in [-0.25, -0.2) is 9.59 Å². The minimum absolute atomic E-state index is 0.105. The number of rotatable bonds is 5. The molecule has 2 N–H and O–H groups in total. The number of carboxylic acid groups (broad SMARTS) is 2. The highest BCUT2D eigenvalue weighted by molar-refractivity contribution is 5.83. The first-order chi connectivity index (χ1) is 8.47. The molecular formula is C11H18N2O5. The van der Waals surface area contributed by atoms with Crippen molar-refractivity contribution >= 4 is 18.0 Å². The van der Waals surface area contributed by atoms with E-state index in [1.54, 1.807) is 6.92 Å². The van der Waals surface area contributed by atoms with E-state index >= 15 is 0 Å². The van der Waals surface area contributed by atoms with Gasteiger partial charge in [0, 0.05) is 19.6 Å². The number of carbonyl (C=O) groups excluding carboxylic acids is 1. The maximum Gasteiger partial charge on any atom is 0.326 e. The van der Waals surface area contributed by atoms with Gasteiger partial charge in [0.2, 0.25) is 0 Å². The number of hydrogen-bond donors (Lipinski definition) is 2. The first-order valence-corrected chi connectivity index (χ1v) is 5.97. The van der Waals surface area contributed by atoms with Gasteiger partial charge in [-0.05, 0) is 19.8 Å². The van der Waals surface area contributed by atoms with E-state index in [-0.39, 0.29) is 19.0 Å². The van der Waals surface area contributed by atoms with Crippen LogP contribution in [0.3, 0.4) is 0 Å². The molecule has 1 atom stereocenters. The molecule has 7 heteroatoms. The Morgan fingerprint density at radius 1 is 1.33 bits per heavy atom. The van der Waals surface area contributed by atoms with Crippen LogP contribution in [-0.2, 0) is 9.59 Å². The Labute approximate surface area is 105 Å². The van der Waals surface area contributed by atoms with Gasteiger partial charge >= 0.3 is 18.0 Å². The molecule has 18 heavy (non-hydrogen) atoms. The van der Waals surface area contributed by atoms with E-state index < -0.39 is 18.0 Å². The van der Waals surface area contributed by atoms with E-state index in [9.17, 15) is 14.4 Å². The van der Waals surface area contributed by atoms with Crippen molar-refractivity contribution in [2.45, 2.75) is 32.2 Å². The summed E-state index contributed by atoms with van der Waals surface area (Å²) >= 11 is 0. The maximum atomic E-state index is 12.1. The molecular weight excluding hydrogens is 240 g/mol. The summed E-state index contributed by atoms with van der Waals surface area (Å²) < 4.78 is 0. The third-order valence-corrected chi connectivity index (χ3v) is 3.03. The molecule has 102 valence electrons. The summed E-state index contributed by atoms with van der Waals surface area (Å²) in [6.45, 7) is 2.63. The molecule has 1 rings (SSSR count). The number of carbonyl (C=O) groups is 3. The Morgan fingerprint density at radius 3 is 2.50 bits per heavy atom. The van der Waals surface area contributed by atoms with Gasteiger partial charge in [0.25, 0.3) is 0 Å². The van der Waals surface area contributed by atoms with Crippen molar-refractivity contribution in [2.75, 3.05) is 19.6 Å². The van der Waals surface area contributed by atoms with Gasteiger partial charge in [-0.15, -0.1) is 0 Å². The fourth-order valence-corrected chi connectivity index (χ4v) is 2.05. The molecule has 1 aliphatic rings. The zero-order chi connectivity index (χ0) is 13.7. The SMILES string of the molecule is CCN(CCC(=O)O)C(=O)N1CCC[C@H]1C(=O)O. The molecule has 0 spiro atoms. The van der Waals surface area contributed by atoms with Crippen molar-refractivity contribution in [3.8, 4) is 0 Å². The summed E-state index contributed by atoms with van der Waals surface area (Å²) in [6.07, 6.45) is 0.988. The van der Waals surface area contributed by atoms with Gasteiger partial charge in [-0.1, -0.05) is 0 Å². The molecule has 7 nitrogen and oxygen atoms in total. The topological polar surface area (TPSA) is 98.2 Å². The van der Waals surface area contributed by atoms with Gasteiger partial charge in [0.05, 0.1) is 6.42 Å². The lowest BCUT2D eigenvalue weighted by Crippen LogP contribution is -2.48. The fourth-order valence-electron chi connectivity index (χ4n) is 2.05. The van der Waals surface area contributed by atoms with E-state index in [4.69, 9.17) is 10.2 Å². The first-order valence-electron chi connectivity index (χ1n) is 5.97. The highest BCUT2D eigenvalue weighted by atomic mass is 16.4. The van der Waals surface area contributed by atoms with Crippen LogP contribution in [0.2, 0.25) is 0 Å². The van der Waals surface area contributed by atoms with Crippen LogP contribution >= 0.6 is 0 Å². The van der Waals surface area contributed by atoms with Crippen molar-refractivity contribution in [2.24, 2.45) is 0 Å². The van der Waals surface area contributed by atoms with Crippen LogP contribution in [0.1, 0.15) is 26.2 Å². The van der Waals surface area contributed by atoms with Crippen molar-refractivity contribution in [1.82, 2.24) is 9.80 Å². The Hall–Kier alpha value is -1.79. The van der Waals surface area contributed by atoms with Gasteiger partial charge < -0.3 is 20.0 Å². The quantitative estimate of drug-likeness (QED) is 0.746. The molecule has 0 saturated carbocycles. The first kappa shape index (κ1) is 14.3. The summed E-state index contributed by atoms with van der Waals surface area (Å²) in [7, 11) is 0. The van der Waals surface area contributed by atoms with Crippen LogP contribution in [0.5, 0.6) is 0 Å². The molecule has 1 saturated heterocycles. The summed E-state index contributed by atoms with van der Waals surface area (Å²) in [4.78, 5) is 36.3. The molecule has 0 unspecified atom stereocenters. The smallest absolute Gasteiger partial charge is 0.326 e. The van der Waals surface area contributed by atoms with Crippen LogP contribution in [0, 0.1) is 0 Å². The second-order valence-electron chi connectivity index (χ2n) is 4.20. The monoisotopic (exact) mass is 258 g/mol. The predicted molar refractivity (Wildman–Crippen MR) is 62.3 cm³/mol. The van der Waals surface area contributed by atoms with Crippen LogP contribution < -0.4 is 0 Å². The molecule has 2 amide bonds.